The van der Waals surface area contributed by atoms with E-state index < -0.39 is 5.97 Å². The van der Waals surface area contributed by atoms with Gasteiger partial charge in [-0.15, -0.1) is 0 Å². The third kappa shape index (κ3) is 2.52. The number of rotatable bonds is 4. The second-order valence-corrected chi connectivity index (χ2v) is 3.91. The number of hydrogen-bond acceptors (Lipinski definition) is 5. The van der Waals surface area contributed by atoms with Crippen LogP contribution in [0, 0.1) is 0 Å². The summed E-state index contributed by atoms with van der Waals surface area (Å²) in [6, 6.07) is 7.59. The molecule has 0 saturated heterocycles. The number of nitrogens with zero attached hydrogens (tertiary/aromatic N) is 2. The van der Waals surface area contributed by atoms with Crippen LogP contribution in [-0.2, 0) is 11.3 Å². The summed E-state index contributed by atoms with van der Waals surface area (Å²) in [5.41, 5.74) is 6.95. The van der Waals surface area contributed by atoms with Crippen molar-refractivity contribution in [1.82, 2.24) is 9.55 Å². The van der Waals surface area contributed by atoms with Crippen LogP contribution < -0.4 is 10.5 Å². The summed E-state index contributed by atoms with van der Waals surface area (Å²) in [6.07, 6.45) is 1.51. The first-order chi connectivity index (χ1) is 9.17. The normalized spacial score (nSPS) is 10.2. The predicted octanol–water partition coefficient (Wildman–Crippen LogP) is 1.31. The van der Waals surface area contributed by atoms with Gasteiger partial charge in [0.15, 0.2) is 5.69 Å². The number of nitrogen functional groups attached to an aromatic ring is 1. The highest BCUT2D eigenvalue weighted by molar-refractivity contribution is 5.92. The number of benzene rings is 1. The van der Waals surface area contributed by atoms with Crippen LogP contribution in [0.4, 0.5) is 5.82 Å². The van der Waals surface area contributed by atoms with Crippen molar-refractivity contribution in [2.75, 3.05) is 20.0 Å². The lowest BCUT2D eigenvalue weighted by Gasteiger charge is -2.09. The number of nitrogens with two attached hydrogens (primary N) is 1. The molecule has 2 aromatic rings. The third-order valence-corrected chi connectivity index (χ3v) is 2.79. The number of ether oxygens (including phenoxy) is 2. The Labute approximate surface area is 110 Å². The minimum absolute atomic E-state index is 0.123. The van der Waals surface area contributed by atoms with Crippen molar-refractivity contribution in [2.45, 2.75) is 6.54 Å². The molecule has 0 aliphatic heterocycles. The molecule has 1 aromatic heterocycles. The molecular weight excluding hydrogens is 246 g/mol. The van der Waals surface area contributed by atoms with Crippen LogP contribution in [0.5, 0.6) is 5.75 Å². The monoisotopic (exact) mass is 261 g/mol. The van der Waals surface area contributed by atoms with Gasteiger partial charge in [-0.3, -0.25) is 0 Å². The maximum Gasteiger partial charge on any atom is 0.360 e. The molecule has 6 heteroatoms. The molecule has 1 heterocycles. The van der Waals surface area contributed by atoms with Gasteiger partial charge in [-0.1, -0.05) is 18.2 Å². The average molecular weight is 261 g/mol. The summed E-state index contributed by atoms with van der Waals surface area (Å²) < 4.78 is 11.5. The highest BCUT2D eigenvalue weighted by Gasteiger charge is 2.16. The highest BCUT2D eigenvalue weighted by Crippen LogP contribution is 2.21. The van der Waals surface area contributed by atoms with Gasteiger partial charge in [0, 0.05) is 5.56 Å². The van der Waals surface area contributed by atoms with Gasteiger partial charge in [-0.2, -0.15) is 0 Å². The smallest absolute Gasteiger partial charge is 0.360 e. The lowest BCUT2D eigenvalue weighted by molar-refractivity contribution is 0.0596. The zero-order chi connectivity index (χ0) is 13.8. The Hall–Kier alpha value is -2.50. The number of hydrogen-bond donors (Lipinski definition) is 1. The van der Waals surface area contributed by atoms with E-state index in [4.69, 9.17) is 10.5 Å². The van der Waals surface area contributed by atoms with Crippen LogP contribution in [-0.4, -0.2) is 29.7 Å². The lowest BCUT2D eigenvalue weighted by Crippen LogP contribution is -2.09. The topological polar surface area (TPSA) is 79.4 Å². The number of anilines is 1. The van der Waals surface area contributed by atoms with Crippen LogP contribution in [0.3, 0.4) is 0 Å². The molecule has 19 heavy (non-hydrogen) atoms. The van der Waals surface area contributed by atoms with Gasteiger partial charge in [0.1, 0.15) is 11.6 Å². The van der Waals surface area contributed by atoms with Crippen LogP contribution in [0.15, 0.2) is 30.6 Å². The summed E-state index contributed by atoms with van der Waals surface area (Å²) >= 11 is 0. The summed E-state index contributed by atoms with van der Waals surface area (Å²) in [5, 5.41) is 0. The summed E-state index contributed by atoms with van der Waals surface area (Å²) in [6.45, 7) is 0.472. The molecule has 2 rings (SSSR count). The maximum absolute atomic E-state index is 11.4. The first-order valence-electron chi connectivity index (χ1n) is 5.68. The van der Waals surface area contributed by atoms with Crippen molar-refractivity contribution >= 4 is 11.8 Å². The first kappa shape index (κ1) is 12.9. The van der Waals surface area contributed by atoms with Crippen molar-refractivity contribution in [2.24, 2.45) is 0 Å². The number of carbonyl (C=O) groups excluding carboxylic acids is 1. The van der Waals surface area contributed by atoms with Gasteiger partial charge in [0.05, 0.1) is 27.1 Å². The van der Waals surface area contributed by atoms with E-state index in [9.17, 15) is 4.79 Å². The van der Waals surface area contributed by atoms with Crippen molar-refractivity contribution in [3.8, 4) is 5.75 Å². The van der Waals surface area contributed by atoms with E-state index in [1.54, 1.807) is 11.7 Å². The Bertz CT molecular complexity index is 593. The number of aromatic nitrogens is 2. The fourth-order valence-corrected chi connectivity index (χ4v) is 1.79. The van der Waals surface area contributed by atoms with Crippen LogP contribution in [0.1, 0.15) is 16.1 Å². The lowest BCUT2D eigenvalue weighted by atomic mass is 10.2. The number of para-hydroxylation sites is 1. The Kier molecular flexibility index (Phi) is 3.70. The van der Waals surface area contributed by atoms with Gasteiger partial charge >= 0.3 is 5.97 Å². The van der Waals surface area contributed by atoms with Crippen LogP contribution in [0.25, 0.3) is 0 Å². The largest absolute Gasteiger partial charge is 0.496 e. The number of carbonyl (C=O) groups is 1. The predicted molar refractivity (Wildman–Crippen MR) is 70.1 cm³/mol. The second kappa shape index (κ2) is 5.43. The van der Waals surface area contributed by atoms with E-state index in [1.807, 2.05) is 24.3 Å². The molecule has 1 aromatic carbocycles. The van der Waals surface area contributed by atoms with Gasteiger partial charge in [-0.25, -0.2) is 9.78 Å². The standard InChI is InChI=1S/C13H15N3O3/c1-18-10-6-4-3-5-9(10)7-16-8-15-11(12(16)14)13(17)19-2/h3-6,8H,7,14H2,1-2H3. The number of esters is 1. The number of methoxy groups -OCH3 is 2. The van der Waals surface area contributed by atoms with Gasteiger partial charge in [0.25, 0.3) is 0 Å². The molecule has 0 unspecified atom stereocenters. The SMILES string of the molecule is COC(=O)c1ncn(Cc2ccccc2OC)c1N. The second-order valence-electron chi connectivity index (χ2n) is 3.91. The Balaban J connectivity index is 2.29. The fourth-order valence-electron chi connectivity index (χ4n) is 1.79. The van der Waals surface area contributed by atoms with E-state index in [0.717, 1.165) is 11.3 Å². The zero-order valence-corrected chi connectivity index (χ0v) is 10.8. The van der Waals surface area contributed by atoms with E-state index >= 15 is 0 Å². The van der Waals surface area contributed by atoms with Crippen LogP contribution in [0.2, 0.25) is 0 Å². The molecule has 0 amide bonds. The molecule has 100 valence electrons. The van der Waals surface area contributed by atoms with Crippen molar-refractivity contribution in [3.63, 3.8) is 0 Å². The molecule has 0 aliphatic carbocycles. The quantitative estimate of drug-likeness (QED) is 0.839. The molecule has 2 N–H and O–H groups in total. The molecule has 0 radical (unpaired) electrons. The minimum atomic E-state index is -0.545. The molecule has 0 fully saturated rings. The van der Waals surface area contributed by atoms with E-state index in [-0.39, 0.29) is 11.5 Å². The summed E-state index contributed by atoms with van der Waals surface area (Å²) in [4.78, 5) is 15.4. The van der Waals surface area contributed by atoms with Crippen molar-refractivity contribution < 1.29 is 14.3 Å². The molecule has 0 bridgehead atoms. The third-order valence-electron chi connectivity index (χ3n) is 2.79. The first-order valence-corrected chi connectivity index (χ1v) is 5.68. The van der Waals surface area contributed by atoms with Crippen LogP contribution >= 0.6 is 0 Å². The Morgan fingerprint density at radius 1 is 1.37 bits per heavy atom. The molecule has 6 nitrogen and oxygen atoms in total. The molecule has 0 saturated carbocycles. The van der Waals surface area contributed by atoms with Gasteiger partial charge < -0.3 is 19.8 Å². The average Bonchev–Trinajstić information content (AvgIpc) is 2.80. The van der Waals surface area contributed by atoms with Crippen molar-refractivity contribution in [3.05, 3.63) is 41.9 Å². The van der Waals surface area contributed by atoms with Gasteiger partial charge in [-0.05, 0) is 6.07 Å². The summed E-state index contributed by atoms with van der Waals surface area (Å²) in [7, 11) is 2.90. The molecule has 0 atom stereocenters. The maximum atomic E-state index is 11.4. The summed E-state index contributed by atoms with van der Waals surface area (Å²) in [5.74, 6) is 0.490. The number of imidazole rings is 1. The van der Waals surface area contributed by atoms with E-state index in [0.29, 0.717) is 6.54 Å². The van der Waals surface area contributed by atoms with E-state index in [2.05, 4.69) is 9.72 Å². The fraction of sp³-hybridized carbons (Fsp3) is 0.231. The Morgan fingerprint density at radius 3 is 2.79 bits per heavy atom. The zero-order valence-electron chi connectivity index (χ0n) is 10.8. The molecule has 0 aliphatic rings. The van der Waals surface area contributed by atoms with Crippen molar-refractivity contribution in [1.29, 1.82) is 0 Å². The molecular formula is C13H15N3O3. The molecule has 0 spiro atoms. The Morgan fingerprint density at radius 2 is 2.11 bits per heavy atom. The van der Waals surface area contributed by atoms with E-state index in [1.165, 1.54) is 13.4 Å². The van der Waals surface area contributed by atoms with Gasteiger partial charge in [0.2, 0.25) is 0 Å². The highest BCUT2D eigenvalue weighted by atomic mass is 16.5. The minimum Gasteiger partial charge on any atom is -0.496 e.